The first kappa shape index (κ1) is 34.2. The molecule has 2 heterocycles. The predicted molar refractivity (Wildman–Crippen MR) is 168 cm³/mol. The average molecular weight is 683 g/mol. The van der Waals surface area contributed by atoms with Crippen molar-refractivity contribution < 1.29 is 37.5 Å². The number of carbonyl (C=O) groups is 4. The number of nitriles is 1. The van der Waals surface area contributed by atoms with Gasteiger partial charge in [0.15, 0.2) is 5.54 Å². The van der Waals surface area contributed by atoms with E-state index in [1.807, 2.05) is 6.07 Å². The Morgan fingerprint density at radius 3 is 2.40 bits per heavy atom. The number of benzene rings is 2. The number of nitrogens with one attached hydrogen (secondary N) is 1. The van der Waals surface area contributed by atoms with Crippen LogP contribution in [0.25, 0.3) is 0 Å². The van der Waals surface area contributed by atoms with Crippen molar-refractivity contribution in [3.8, 4) is 6.07 Å². The molecule has 2 fully saturated rings. The Labute approximate surface area is 278 Å². The number of amides is 5. The Balaban J connectivity index is 1.79. The molecule has 2 atom stereocenters. The SMILES string of the molecule is CC(C)(C)[C@@]1(C(=O)N(c2cccc(F)c2)[C@H](C(=O)NC2CC(F)(F)C2)c2ccccc2Cl)CN(C(=O)O)C(=O)N1c1cc(C#N)ccn1. The lowest BCUT2D eigenvalue weighted by Gasteiger charge is -2.48. The van der Waals surface area contributed by atoms with E-state index >= 15 is 4.79 Å². The van der Waals surface area contributed by atoms with Crippen LogP contribution < -0.4 is 15.1 Å². The second-order valence-corrected chi connectivity index (χ2v) is 13.1. The van der Waals surface area contributed by atoms with Crippen LogP contribution in [0, 0.1) is 22.6 Å². The van der Waals surface area contributed by atoms with Crippen LogP contribution in [0.4, 0.5) is 34.3 Å². The number of carbonyl (C=O) groups excluding carboxylic acids is 3. The van der Waals surface area contributed by atoms with Gasteiger partial charge in [0, 0.05) is 41.4 Å². The molecule has 1 saturated carbocycles. The maximum atomic E-state index is 15.5. The van der Waals surface area contributed by atoms with E-state index in [1.54, 1.807) is 26.8 Å². The molecule has 0 bridgehead atoms. The van der Waals surface area contributed by atoms with Crippen molar-refractivity contribution in [2.75, 3.05) is 16.3 Å². The van der Waals surface area contributed by atoms with E-state index in [1.165, 1.54) is 48.7 Å². The van der Waals surface area contributed by atoms with Crippen LogP contribution >= 0.6 is 11.6 Å². The second kappa shape index (κ2) is 12.5. The van der Waals surface area contributed by atoms with Gasteiger partial charge in [0.25, 0.3) is 11.8 Å². The highest BCUT2D eigenvalue weighted by Gasteiger charge is 2.65. The third kappa shape index (κ3) is 6.01. The molecule has 2 aliphatic rings. The molecule has 1 saturated heterocycles. The molecule has 5 rings (SSSR count). The monoisotopic (exact) mass is 682 g/mol. The fourth-order valence-electron chi connectivity index (χ4n) is 6.11. The quantitative estimate of drug-likeness (QED) is 0.304. The van der Waals surface area contributed by atoms with E-state index in [0.29, 0.717) is 4.90 Å². The van der Waals surface area contributed by atoms with Crippen molar-refractivity contribution in [3.05, 3.63) is 88.8 Å². The first-order valence-corrected chi connectivity index (χ1v) is 15.1. The van der Waals surface area contributed by atoms with E-state index in [-0.39, 0.29) is 27.7 Å². The summed E-state index contributed by atoms with van der Waals surface area (Å²) < 4.78 is 42.5. The molecule has 0 unspecified atom stereocenters. The van der Waals surface area contributed by atoms with Gasteiger partial charge >= 0.3 is 12.1 Å². The summed E-state index contributed by atoms with van der Waals surface area (Å²) in [6.07, 6.45) is -1.78. The molecule has 0 radical (unpaired) electrons. The van der Waals surface area contributed by atoms with Gasteiger partial charge in [-0.3, -0.25) is 19.4 Å². The van der Waals surface area contributed by atoms with E-state index in [0.717, 1.165) is 21.9 Å². The van der Waals surface area contributed by atoms with Gasteiger partial charge < -0.3 is 10.4 Å². The number of aromatic nitrogens is 1. The molecule has 1 aliphatic carbocycles. The van der Waals surface area contributed by atoms with Gasteiger partial charge in [0.1, 0.15) is 17.7 Å². The zero-order chi connectivity index (χ0) is 35.2. The fourth-order valence-corrected chi connectivity index (χ4v) is 6.35. The van der Waals surface area contributed by atoms with Crippen molar-refractivity contribution >= 4 is 47.0 Å². The number of carboxylic acid groups (broad SMARTS) is 1. The smallest absolute Gasteiger partial charge is 0.415 e. The first-order chi connectivity index (χ1) is 22.5. The average Bonchev–Trinajstić information content (AvgIpc) is 3.33. The Kier molecular flexibility index (Phi) is 8.87. The summed E-state index contributed by atoms with van der Waals surface area (Å²) in [4.78, 5) is 62.5. The summed E-state index contributed by atoms with van der Waals surface area (Å²) in [5, 5.41) is 22.2. The van der Waals surface area contributed by atoms with Crippen molar-refractivity contribution in [2.45, 2.75) is 57.2 Å². The summed E-state index contributed by atoms with van der Waals surface area (Å²) in [5.74, 6) is -6.01. The minimum absolute atomic E-state index is 0.00510. The van der Waals surface area contributed by atoms with Gasteiger partial charge in [-0.15, -0.1) is 0 Å². The molecular weight excluding hydrogens is 653 g/mol. The van der Waals surface area contributed by atoms with Gasteiger partial charge in [-0.05, 0) is 41.8 Å². The van der Waals surface area contributed by atoms with Gasteiger partial charge in [0.2, 0.25) is 5.91 Å². The predicted octanol–water partition coefficient (Wildman–Crippen LogP) is 6.14. The maximum absolute atomic E-state index is 15.5. The summed E-state index contributed by atoms with van der Waals surface area (Å²) in [6.45, 7) is 3.93. The molecule has 48 heavy (non-hydrogen) atoms. The van der Waals surface area contributed by atoms with Crippen LogP contribution in [0.5, 0.6) is 0 Å². The summed E-state index contributed by atoms with van der Waals surface area (Å²) >= 11 is 6.59. The number of imide groups is 1. The van der Waals surface area contributed by atoms with Crippen molar-refractivity contribution in [1.82, 2.24) is 15.2 Å². The standard InChI is InChI=1S/C33H30ClF3N6O5/c1-31(2,3)33(18-41(30(47)48)29(46)43(33)25-13-19(17-38)11-12-39-25)28(45)42(22-8-6-7-20(35)14-22)26(23-9-4-5-10-24(23)34)27(44)40-21-15-32(36,37)16-21/h4-14,21,26H,15-16,18H2,1-3H3,(H,40,44)(H,47,48)/t26-,33-/m0/s1. The van der Waals surface area contributed by atoms with E-state index in [4.69, 9.17) is 11.6 Å². The van der Waals surface area contributed by atoms with Crippen LogP contribution in [0.1, 0.15) is 50.8 Å². The molecule has 5 amide bonds. The molecule has 2 aromatic carbocycles. The topological polar surface area (TPSA) is 147 Å². The largest absolute Gasteiger partial charge is 0.465 e. The highest BCUT2D eigenvalue weighted by atomic mass is 35.5. The highest BCUT2D eigenvalue weighted by molar-refractivity contribution is 6.32. The number of anilines is 2. The van der Waals surface area contributed by atoms with Crippen LogP contribution in [0.15, 0.2) is 66.9 Å². The second-order valence-electron chi connectivity index (χ2n) is 12.7. The normalized spacial score (nSPS) is 19.7. The molecule has 0 spiro atoms. The molecule has 2 N–H and O–H groups in total. The molecule has 1 aromatic heterocycles. The summed E-state index contributed by atoms with van der Waals surface area (Å²) in [7, 11) is 0. The highest BCUT2D eigenvalue weighted by Crippen LogP contribution is 2.48. The van der Waals surface area contributed by atoms with E-state index < -0.39 is 78.1 Å². The minimum atomic E-state index is -3.00. The van der Waals surface area contributed by atoms with Crippen molar-refractivity contribution in [1.29, 1.82) is 5.26 Å². The third-order valence-corrected chi connectivity index (χ3v) is 8.91. The van der Waals surface area contributed by atoms with Gasteiger partial charge in [0.05, 0.1) is 18.2 Å². The van der Waals surface area contributed by atoms with E-state index in [2.05, 4.69) is 10.3 Å². The number of alkyl halides is 2. The number of urea groups is 1. The first-order valence-electron chi connectivity index (χ1n) is 14.7. The van der Waals surface area contributed by atoms with Crippen LogP contribution in [0.2, 0.25) is 5.02 Å². The Morgan fingerprint density at radius 2 is 1.81 bits per heavy atom. The zero-order valence-corrected chi connectivity index (χ0v) is 26.7. The molecule has 11 nitrogen and oxygen atoms in total. The van der Waals surface area contributed by atoms with Crippen LogP contribution in [-0.4, -0.2) is 63.0 Å². The molecule has 250 valence electrons. The number of nitrogens with zero attached hydrogens (tertiary/aromatic N) is 5. The third-order valence-electron chi connectivity index (χ3n) is 8.57. The zero-order valence-electron chi connectivity index (χ0n) is 26.0. The molecule has 1 aliphatic heterocycles. The lowest BCUT2D eigenvalue weighted by atomic mass is 9.71. The van der Waals surface area contributed by atoms with E-state index in [9.17, 15) is 37.9 Å². The lowest BCUT2D eigenvalue weighted by Crippen LogP contribution is -2.68. The summed E-state index contributed by atoms with van der Waals surface area (Å²) in [5.41, 5.74) is -3.64. The van der Waals surface area contributed by atoms with Crippen molar-refractivity contribution in [3.63, 3.8) is 0 Å². The Hall–Kier alpha value is -5.16. The fraction of sp³-hybridized carbons (Fsp3) is 0.333. The molecule has 3 aromatic rings. The molecule has 15 heteroatoms. The number of pyridine rings is 1. The number of hydrogen-bond acceptors (Lipinski definition) is 6. The van der Waals surface area contributed by atoms with Gasteiger partial charge in [-0.25, -0.2) is 32.6 Å². The molecular formula is C33H30ClF3N6O5. The van der Waals surface area contributed by atoms with Gasteiger partial charge in [-0.2, -0.15) is 5.26 Å². The Morgan fingerprint density at radius 1 is 1.12 bits per heavy atom. The Bertz CT molecular complexity index is 1840. The van der Waals surface area contributed by atoms with Gasteiger partial charge in [-0.1, -0.05) is 56.6 Å². The van der Waals surface area contributed by atoms with Crippen LogP contribution in [-0.2, 0) is 9.59 Å². The summed E-state index contributed by atoms with van der Waals surface area (Å²) in [6, 6.07) is 11.3. The van der Waals surface area contributed by atoms with Crippen LogP contribution in [0.3, 0.4) is 0 Å². The van der Waals surface area contributed by atoms with Crippen molar-refractivity contribution in [2.24, 2.45) is 5.41 Å². The number of halogens is 4. The number of hydrogen-bond donors (Lipinski definition) is 2. The maximum Gasteiger partial charge on any atom is 0.415 e. The number of rotatable bonds is 7. The minimum Gasteiger partial charge on any atom is -0.465 e. The lowest BCUT2D eigenvalue weighted by molar-refractivity contribution is -0.135.